The van der Waals surface area contributed by atoms with Crippen molar-refractivity contribution < 1.29 is 13.2 Å². The monoisotopic (exact) mass is 448 g/mol. The molecule has 0 spiro atoms. The number of nitrogens with zero attached hydrogens (tertiary/aromatic N) is 3. The third-order valence-electron chi connectivity index (χ3n) is 4.56. The van der Waals surface area contributed by atoms with E-state index in [2.05, 4.69) is 10.3 Å². The maximum Gasteiger partial charge on any atom is 0.251 e. The van der Waals surface area contributed by atoms with E-state index in [1.54, 1.807) is 38.2 Å². The normalized spacial score (nSPS) is 11.7. The van der Waals surface area contributed by atoms with Crippen LogP contribution in [0.5, 0.6) is 0 Å². The second-order valence-corrected chi connectivity index (χ2v) is 8.87. The molecule has 0 saturated carbocycles. The fourth-order valence-electron chi connectivity index (χ4n) is 3.09. The first-order chi connectivity index (χ1) is 14.3. The molecule has 1 N–H and O–H groups in total. The van der Waals surface area contributed by atoms with Crippen molar-refractivity contribution in [3.8, 4) is 0 Å². The van der Waals surface area contributed by atoms with Gasteiger partial charge in [0.15, 0.2) is 0 Å². The topological polar surface area (TPSA) is 101 Å². The number of fused-ring (bicyclic) bond motifs is 1. The van der Waals surface area contributed by atoms with E-state index in [4.69, 9.17) is 11.6 Å². The molecule has 1 aromatic carbocycles. The zero-order chi connectivity index (χ0) is 21.9. The van der Waals surface area contributed by atoms with Crippen molar-refractivity contribution in [3.05, 3.63) is 64.2 Å². The molecule has 0 aliphatic rings. The molecule has 8 nitrogen and oxygen atoms in total. The van der Waals surface area contributed by atoms with Crippen molar-refractivity contribution in [2.24, 2.45) is 0 Å². The van der Waals surface area contributed by atoms with Crippen molar-refractivity contribution in [2.45, 2.75) is 25.3 Å². The minimum Gasteiger partial charge on any atom is -0.323 e. The fraction of sp³-hybridized carbons (Fsp3) is 0.250. The smallest absolute Gasteiger partial charge is 0.251 e. The van der Waals surface area contributed by atoms with E-state index in [1.165, 1.54) is 16.6 Å². The van der Waals surface area contributed by atoms with Crippen molar-refractivity contribution in [3.63, 3.8) is 0 Å². The molecule has 1 amide bonds. The minimum absolute atomic E-state index is 0.0477. The van der Waals surface area contributed by atoms with Crippen LogP contribution in [0.3, 0.4) is 0 Å². The number of aromatic nitrogens is 2. The Balaban J connectivity index is 1.89. The predicted molar refractivity (Wildman–Crippen MR) is 116 cm³/mol. The third kappa shape index (κ3) is 4.53. The Morgan fingerprint density at radius 3 is 2.63 bits per heavy atom. The Morgan fingerprint density at radius 2 is 1.93 bits per heavy atom. The highest BCUT2D eigenvalue weighted by Gasteiger charge is 2.22. The summed E-state index contributed by atoms with van der Waals surface area (Å²) < 4.78 is 27.8. The van der Waals surface area contributed by atoms with Crippen LogP contribution in [-0.2, 0) is 21.4 Å². The molecule has 30 heavy (non-hydrogen) atoms. The predicted octanol–water partition coefficient (Wildman–Crippen LogP) is 2.72. The molecule has 0 unspecified atom stereocenters. The Morgan fingerprint density at radius 1 is 1.20 bits per heavy atom. The molecule has 3 rings (SSSR count). The van der Waals surface area contributed by atoms with Gasteiger partial charge in [0.1, 0.15) is 6.54 Å². The summed E-state index contributed by atoms with van der Waals surface area (Å²) in [5.74, 6) is -0.510. The number of carbonyl (C=O) groups excluding carboxylic acids is 1. The quantitative estimate of drug-likeness (QED) is 0.598. The number of nitrogens with one attached hydrogen (secondary N) is 1. The standard InChI is InChI=1S/C20H21ClN4O4S/c1-3-25(4-2)30(28,29)16-7-8-19(27)24(12-16)13-18(26)23-17-11-15(21)10-14-6-5-9-22-20(14)17/h5-12H,3-4,13H2,1-2H3,(H,23,26). The highest BCUT2D eigenvalue weighted by atomic mass is 35.5. The Kier molecular flexibility index (Phi) is 6.55. The van der Waals surface area contributed by atoms with Crippen LogP contribution in [-0.4, -0.2) is 41.3 Å². The van der Waals surface area contributed by atoms with E-state index in [9.17, 15) is 18.0 Å². The van der Waals surface area contributed by atoms with Crippen LogP contribution in [0.4, 0.5) is 5.69 Å². The van der Waals surface area contributed by atoms with Gasteiger partial charge in [-0.2, -0.15) is 4.31 Å². The van der Waals surface area contributed by atoms with Crippen molar-refractivity contribution >= 4 is 44.1 Å². The first kappa shape index (κ1) is 21.9. The second kappa shape index (κ2) is 8.95. The number of hydrogen-bond donors (Lipinski definition) is 1. The molecular formula is C20H21ClN4O4S. The lowest BCUT2D eigenvalue weighted by Crippen LogP contribution is -2.33. The van der Waals surface area contributed by atoms with Gasteiger partial charge in [-0.05, 0) is 24.3 Å². The summed E-state index contributed by atoms with van der Waals surface area (Å²) in [4.78, 5) is 29.0. The van der Waals surface area contributed by atoms with E-state index in [0.29, 0.717) is 29.3 Å². The van der Waals surface area contributed by atoms with Crippen molar-refractivity contribution in [1.29, 1.82) is 0 Å². The highest BCUT2D eigenvalue weighted by Crippen LogP contribution is 2.26. The zero-order valence-electron chi connectivity index (χ0n) is 16.5. The number of rotatable bonds is 7. The molecule has 0 bridgehead atoms. The first-order valence-electron chi connectivity index (χ1n) is 9.31. The Labute approximate surface area is 179 Å². The molecule has 158 valence electrons. The lowest BCUT2D eigenvalue weighted by molar-refractivity contribution is -0.116. The summed E-state index contributed by atoms with van der Waals surface area (Å²) in [6.45, 7) is 3.70. The van der Waals surface area contributed by atoms with Crippen LogP contribution >= 0.6 is 11.6 Å². The lowest BCUT2D eigenvalue weighted by atomic mass is 10.2. The average Bonchev–Trinajstić information content (AvgIpc) is 2.70. The molecule has 0 aliphatic heterocycles. The number of sulfonamides is 1. The molecule has 0 fully saturated rings. The summed E-state index contributed by atoms with van der Waals surface area (Å²) in [6.07, 6.45) is 2.78. The lowest BCUT2D eigenvalue weighted by Gasteiger charge is -2.19. The number of pyridine rings is 2. The number of hydrogen-bond acceptors (Lipinski definition) is 5. The number of halogens is 1. The molecule has 2 heterocycles. The molecule has 0 saturated heterocycles. The van der Waals surface area contributed by atoms with Crippen LogP contribution in [0.1, 0.15) is 13.8 Å². The van der Waals surface area contributed by atoms with Crippen molar-refractivity contribution in [2.75, 3.05) is 18.4 Å². The van der Waals surface area contributed by atoms with Gasteiger partial charge in [0.05, 0.1) is 16.1 Å². The highest BCUT2D eigenvalue weighted by molar-refractivity contribution is 7.89. The molecule has 2 aromatic heterocycles. The van der Waals surface area contributed by atoms with Crippen LogP contribution < -0.4 is 10.9 Å². The summed E-state index contributed by atoms with van der Waals surface area (Å²) in [5, 5.41) is 3.88. The SMILES string of the molecule is CCN(CC)S(=O)(=O)c1ccc(=O)n(CC(=O)Nc2cc(Cl)cc3cccnc23)c1. The molecule has 0 radical (unpaired) electrons. The molecule has 3 aromatic rings. The Hall–Kier alpha value is -2.75. The zero-order valence-corrected chi connectivity index (χ0v) is 18.1. The molecule has 0 aliphatic carbocycles. The molecule has 0 atom stereocenters. The Bertz CT molecular complexity index is 1250. The third-order valence-corrected chi connectivity index (χ3v) is 6.81. The first-order valence-corrected chi connectivity index (χ1v) is 11.1. The van der Waals surface area contributed by atoms with Gasteiger partial charge in [0, 0.05) is 42.0 Å². The van der Waals surface area contributed by atoms with E-state index in [1.807, 2.05) is 6.07 Å². The number of benzene rings is 1. The number of amides is 1. The largest absolute Gasteiger partial charge is 0.323 e. The van der Waals surface area contributed by atoms with Gasteiger partial charge < -0.3 is 9.88 Å². The van der Waals surface area contributed by atoms with E-state index in [0.717, 1.165) is 16.0 Å². The number of carbonyl (C=O) groups is 1. The fourth-order valence-corrected chi connectivity index (χ4v) is 4.80. The van der Waals surface area contributed by atoms with Crippen LogP contribution in [0, 0.1) is 0 Å². The van der Waals surface area contributed by atoms with Gasteiger partial charge in [-0.25, -0.2) is 8.42 Å². The van der Waals surface area contributed by atoms with Gasteiger partial charge in [-0.15, -0.1) is 0 Å². The summed E-state index contributed by atoms with van der Waals surface area (Å²) in [7, 11) is -3.76. The maximum atomic E-state index is 12.7. The summed E-state index contributed by atoms with van der Waals surface area (Å²) in [6, 6.07) is 9.25. The maximum absolute atomic E-state index is 12.7. The summed E-state index contributed by atoms with van der Waals surface area (Å²) >= 11 is 6.12. The van der Waals surface area contributed by atoms with E-state index >= 15 is 0 Å². The van der Waals surface area contributed by atoms with Gasteiger partial charge in [-0.3, -0.25) is 14.6 Å². The van der Waals surface area contributed by atoms with E-state index < -0.39 is 21.5 Å². The summed E-state index contributed by atoms with van der Waals surface area (Å²) in [5.41, 5.74) is 0.473. The van der Waals surface area contributed by atoms with Crippen LogP contribution in [0.15, 0.2) is 58.5 Å². The second-order valence-electron chi connectivity index (χ2n) is 6.50. The van der Waals surface area contributed by atoms with Crippen LogP contribution in [0.25, 0.3) is 10.9 Å². The molecule has 10 heteroatoms. The van der Waals surface area contributed by atoms with Gasteiger partial charge in [0.2, 0.25) is 15.9 Å². The van der Waals surface area contributed by atoms with Gasteiger partial charge in [0.25, 0.3) is 5.56 Å². The van der Waals surface area contributed by atoms with Gasteiger partial charge >= 0.3 is 0 Å². The van der Waals surface area contributed by atoms with Gasteiger partial charge in [-0.1, -0.05) is 31.5 Å². The van der Waals surface area contributed by atoms with Crippen LogP contribution in [0.2, 0.25) is 5.02 Å². The van der Waals surface area contributed by atoms with Crippen molar-refractivity contribution in [1.82, 2.24) is 13.9 Å². The van der Waals surface area contributed by atoms with E-state index in [-0.39, 0.29) is 11.4 Å². The minimum atomic E-state index is -3.76. The molecular weight excluding hydrogens is 428 g/mol. The average molecular weight is 449 g/mol. The number of anilines is 1.